The van der Waals surface area contributed by atoms with E-state index in [4.69, 9.17) is 0 Å². The zero-order valence-electron chi connectivity index (χ0n) is 11.9. The van der Waals surface area contributed by atoms with Gasteiger partial charge < -0.3 is 9.80 Å². The minimum absolute atomic E-state index is 0.0987. The number of amides is 1. The highest BCUT2D eigenvalue weighted by Crippen LogP contribution is 2.20. The fourth-order valence-corrected chi connectivity index (χ4v) is 3.81. The summed E-state index contributed by atoms with van der Waals surface area (Å²) in [7, 11) is 0. The summed E-state index contributed by atoms with van der Waals surface area (Å²) in [6.07, 6.45) is 5.44. The molecule has 0 radical (unpaired) electrons. The van der Waals surface area contributed by atoms with Crippen LogP contribution in [0.2, 0.25) is 0 Å². The van der Waals surface area contributed by atoms with Crippen molar-refractivity contribution < 1.29 is 4.79 Å². The smallest absolute Gasteiger partial charge is 0.246 e. The van der Waals surface area contributed by atoms with E-state index in [9.17, 15) is 4.79 Å². The molecule has 1 saturated heterocycles. The third-order valence-corrected chi connectivity index (χ3v) is 5.38. The molecule has 2 aromatic rings. The van der Waals surface area contributed by atoms with Crippen molar-refractivity contribution in [2.45, 2.75) is 6.92 Å². The van der Waals surface area contributed by atoms with E-state index in [1.165, 1.54) is 5.56 Å². The Morgan fingerprint density at radius 1 is 1.24 bits per heavy atom. The predicted octanol–water partition coefficient (Wildman–Crippen LogP) is 2.88. The predicted molar refractivity (Wildman–Crippen MR) is 89.0 cm³/mol. The molecule has 6 heteroatoms. The average molecular weight is 319 g/mol. The van der Waals surface area contributed by atoms with E-state index in [0.717, 1.165) is 36.2 Å². The minimum Gasteiger partial charge on any atom is -0.345 e. The molecule has 0 unspecified atom stereocenters. The summed E-state index contributed by atoms with van der Waals surface area (Å²) in [6.45, 7) is 5.28. The molecule has 1 amide bonds. The molecule has 0 spiro atoms. The van der Waals surface area contributed by atoms with E-state index < -0.39 is 0 Å². The van der Waals surface area contributed by atoms with Crippen molar-refractivity contribution in [3.8, 4) is 0 Å². The zero-order chi connectivity index (χ0) is 14.7. The van der Waals surface area contributed by atoms with Gasteiger partial charge in [-0.15, -0.1) is 22.7 Å². The van der Waals surface area contributed by atoms with Crippen molar-refractivity contribution in [2.24, 2.45) is 0 Å². The highest BCUT2D eigenvalue weighted by molar-refractivity contribution is 7.13. The number of aromatic nitrogens is 1. The maximum atomic E-state index is 12.2. The molecule has 0 saturated carbocycles. The van der Waals surface area contributed by atoms with E-state index in [1.54, 1.807) is 28.7 Å². The summed E-state index contributed by atoms with van der Waals surface area (Å²) < 4.78 is 0. The molecule has 0 aliphatic carbocycles. The van der Waals surface area contributed by atoms with Crippen LogP contribution in [0.3, 0.4) is 0 Å². The van der Waals surface area contributed by atoms with Gasteiger partial charge in [0.05, 0.1) is 0 Å². The third kappa shape index (κ3) is 3.33. The Balaban J connectivity index is 1.56. The minimum atomic E-state index is 0.0987. The van der Waals surface area contributed by atoms with Crippen LogP contribution in [-0.2, 0) is 4.79 Å². The van der Waals surface area contributed by atoms with Crippen LogP contribution in [0.1, 0.15) is 10.4 Å². The van der Waals surface area contributed by atoms with Gasteiger partial charge in [0.15, 0.2) is 5.13 Å². The largest absolute Gasteiger partial charge is 0.345 e. The van der Waals surface area contributed by atoms with Gasteiger partial charge >= 0.3 is 0 Å². The zero-order valence-corrected chi connectivity index (χ0v) is 13.5. The summed E-state index contributed by atoms with van der Waals surface area (Å²) in [5.41, 5.74) is 1.22. The summed E-state index contributed by atoms with van der Waals surface area (Å²) in [5.74, 6) is 0.0987. The van der Waals surface area contributed by atoms with Gasteiger partial charge in [-0.25, -0.2) is 4.98 Å². The normalized spacial score (nSPS) is 15.9. The van der Waals surface area contributed by atoms with Crippen molar-refractivity contribution in [3.63, 3.8) is 0 Å². The number of piperazine rings is 1. The van der Waals surface area contributed by atoms with Gasteiger partial charge in [0.2, 0.25) is 5.91 Å². The number of rotatable bonds is 3. The number of hydrogen-bond acceptors (Lipinski definition) is 5. The summed E-state index contributed by atoms with van der Waals surface area (Å²) >= 11 is 3.31. The highest BCUT2D eigenvalue weighted by atomic mass is 32.1. The maximum absolute atomic E-state index is 12.2. The van der Waals surface area contributed by atoms with Gasteiger partial charge in [-0.05, 0) is 30.0 Å². The van der Waals surface area contributed by atoms with Gasteiger partial charge in [0.25, 0.3) is 0 Å². The van der Waals surface area contributed by atoms with E-state index in [1.807, 2.05) is 27.9 Å². The molecule has 0 N–H and O–H groups in total. The molecule has 110 valence electrons. The molecular formula is C15H17N3OS2. The van der Waals surface area contributed by atoms with Crippen LogP contribution in [0.5, 0.6) is 0 Å². The second-order valence-electron chi connectivity index (χ2n) is 4.93. The molecule has 0 atom stereocenters. The molecule has 1 aliphatic heterocycles. The van der Waals surface area contributed by atoms with Crippen molar-refractivity contribution in [2.75, 3.05) is 31.1 Å². The number of nitrogens with zero attached hydrogens (tertiary/aromatic N) is 3. The van der Waals surface area contributed by atoms with E-state index in [-0.39, 0.29) is 5.91 Å². The molecule has 4 nitrogen and oxygen atoms in total. The fourth-order valence-electron chi connectivity index (χ4n) is 2.30. The SMILES string of the molecule is Cc1ccsc1/C=C/C(=O)N1CCN(c2nccs2)CC1. The quantitative estimate of drug-likeness (QED) is 0.816. The van der Waals surface area contributed by atoms with Crippen molar-refractivity contribution in [1.29, 1.82) is 0 Å². The van der Waals surface area contributed by atoms with Crippen molar-refractivity contribution in [3.05, 3.63) is 39.5 Å². The van der Waals surface area contributed by atoms with Crippen LogP contribution in [-0.4, -0.2) is 42.0 Å². The lowest BCUT2D eigenvalue weighted by atomic mass is 10.2. The molecule has 3 rings (SSSR count). The monoisotopic (exact) mass is 319 g/mol. The number of thiophene rings is 1. The summed E-state index contributed by atoms with van der Waals surface area (Å²) in [4.78, 5) is 21.8. The van der Waals surface area contributed by atoms with Crippen LogP contribution >= 0.6 is 22.7 Å². The van der Waals surface area contributed by atoms with E-state index in [0.29, 0.717) is 0 Å². The van der Waals surface area contributed by atoms with Gasteiger partial charge in [-0.3, -0.25) is 4.79 Å². The Morgan fingerprint density at radius 3 is 2.67 bits per heavy atom. The molecule has 21 heavy (non-hydrogen) atoms. The van der Waals surface area contributed by atoms with Crippen molar-refractivity contribution in [1.82, 2.24) is 9.88 Å². The number of thiazole rings is 1. The van der Waals surface area contributed by atoms with Gasteiger partial charge in [0, 0.05) is 48.7 Å². The molecule has 2 aromatic heterocycles. The van der Waals surface area contributed by atoms with Crippen molar-refractivity contribution >= 4 is 39.8 Å². The van der Waals surface area contributed by atoms with Gasteiger partial charge in [0.1, 0.15) is 0 Å². The van der Waals surface area contributed by atoms with E-state index in [2.05, 4.69) is 22.9 Å². The maximum Gasteiger partial charge on any atom is 0.246 e. The first-order chi connectivity index (χ1) is 10.2. The summed E-state index contributed by atoms with van der Waals surface area (Å²) in [5, 5.41) is 5.08. The fraction of sp³-hybridized carbons (Fsp3) is 0.333. The van der Waals surface area contributed by atoms with Crippen LogP contribution < -0.4 is 4.90 Å². The average Bonchev–Trinajstić information content (AvgIpc) is 3.17. The molecule has 1 aliphatic rings. The molecule has 0 bridgehead atoms. The number of carbonyl (C=O) groups excluding carboxylic acids is 1. The Morgan fingerprint density at radius 2 is 2.05 bits per heavy atom. The number of hydrogen-bond donors (Lipinski definition) is 0. The first-order valence-electron chi connectivity index (χ1n) is 6.89. The lowest BCUT2D eigenvalue weighted by Gasteiger charge is -2.34. The molecular weight excluding hydrogens is 302 g/mol. The Hall–Kier alpha value is -1.66. The lowest BCUT2D eigenvalue weighted by molar-refractivity contribution is -0.126. The van der Waals surface area contributed by atoms with Crippen LogP contribution in [0.15, 0.2) is 29.1 Å². The van der Waals surface area contributed by atoms with Crippen LogP contribution in [0.4, 0.5) is 5.13 Å². The van der Waals surface area contributed by atoms with Gasteiger partial charge in [-0.1, -0.05) is 0 Å². The molecule has 1 fully saturated rings. The lowest BCUT2D eigenvalue weighted by Crippen LogP contribution is -2.48. The number of carbonyl (C=O) groups is 1. The molecule has 0 aromatic carbocycles. The second kappa shape index (κ2) is 6.41. The highest BCUT2D eigenvalue weighted by Gasteiger charge is 2.20. The van der Waals surface area contributed by atoms with Crippen LogP contribution in [0.25, 0.3) is 6.08 Å². The molecule has 3 heterocycles. The third-order valence-electron chi connectivity index (χ3n) is 3.56. The first kappa shape index (κ1) is 14.3. The first-order valence-corrected chi connectivity index (χ1v) is 8.65. The Kier molecular flexibility index (Phi) is 4.36. The summed E-state index contributed by atoms with van der Waals surface area (Å²) in [6, 6.07) is 2.07. The second-order valence-corrected chi connectivity index (χ2v) is 6.75. The van der Waals surface area contributed by atoms with Gasteiger partial charge in [-0.2, -0.15) is 0 Å². The Labute approximate surface area is 132 Å². The number of aryl methyl sites for hydroxylation is 1. The topological polar surface area (TPSA) is 36.4 Å². The standard InChI is InChI=1S/C15H17N3OS2/c1-12-4-10-20-13(12)2-3-14(19)17-6-8-18(9-7-17)15-16-5-11-21-15/h2-5,10-11H,6-9H2,1H3/b3-2+. The Bertz CT molecular complexity index is 625. The van der Waals surface area contributed by atoms with E-state index >= 15 is 0 Å². The number of anilines is 1. The van der Waals surface area contributed by atoms with Crippen LogP contribution in [0, 0.1) is 6.92 Å².